The summed E-state index contributed by atoms with van der Waals surface area (Å²) >= 11 is 0. The number of esters is 1. The molecule has 29 heavy (non-hydrogen) atoms. The Balaban J connectivity index is 1.51. The Labute approximate surface area is 167 Å². The van der Waals surface area contributed by atoms with Crippen molar-refractivity contribution < 1.29 is 44.2 Å². The summed E-state index contributed by atoms with van der Waals surface area (Å²) in [5, 5.41) is 38.6. The van der Waals surface area contributed by atoms with Crippen LogP contribution in [-0.4, -0.2) is 87.3 Å². The average Bonchev–Trinajstić information content (AvgIpc) is 3.23. The number of aliphatic hydroxyl groups is 4. The van der Waals surface area contributed by atoms with Crippen LogP contribution in [0.25, 0.3) is 0 Å². The minimum Gasteiger partial charge on any atom is -0.461 e. The highest BCUT2D eigenvalue weighted by atomic mass is 16.7. The third-order valence-corrected chi connectivity index (χ3v) is 5.04. The number of ether oxygens (including phenoxy) is 3. The molecule has 0 aliphatic carbocycles. The van der Waals surface area contributed by atoms with Crippen molar-refractivity contribution in [2.24, 2.45) is 0 Å². The SMILES string of the molecule is O=C(OC[C@H]1O[C@H](O)[C@@H](O)[C@H](O)[C@@H]1O)[C@@H]1CCCN1C(=O)OCc1ccccc1. The number of carbonyl (C=O) groups is 2. The molecule has 0 saturated carbocycles. The second-order valence-corrected chi connectivity index (χ2v) is 7.06. The molecule has 1 aromatic rings. The number of carbonyl (C=O) groups excluding carboxylic acids is 2. The molecule has 0 unspecified atom stereocenters. The van der Waals surface area contributed by atoms with Gasteiger partial charge in [0.2, 0.25) is 0 Å². The molecule has 3 rings (SSSR count). The highest BCUT2D eigenvalue weighted by Gasteiger charge is 2.44. The van der Waals surface area contributed by atoms with Gasteiger partial charge in [0.1, 0.15) is 43.7 Å². The van der Waals surface area contributed by atoms with E-state index in [-0.39, 0.29) is 6.61 Å². The Morgan fingerprint density at radius 2 is 1.76 bits per heavy atom. The molecule has 0 radical (unpaired) electrons. The predicted molar refractivity (Wildman–Crippen MR) is 96.2 cm³/mol. The third-order valence-electron chi connectivity index (χ3n) is 5.04. The first-order valence-electron chi connectivity index (χ1n) is 9.40. The van der Waals surface area contributed by atoms with Gasteiger partial charge in [0.25, 0.3) is 0 Å². The van der Waals surface area contributed by atoms with Gasteiger partial charge in [-0.05, 0) is 18.4 Å². The molecule has 0 aromatic heterocycles. The number of aliphatic hydroxyl groups excluding tert-OH is 4. The first-order valence-corrected chi connectivity index (χ1v) is 9.40. The molecule has 10 nitrogen and oxygen atoms in total. The van der Waals surface area contributed by atoms with Crippen molar-refractivity contribution in [1.82, 2.24) is 4.90 Å². The van der Waals surface area contributed by atoms with E-state index in [2.05, 4.69) is 0 Å². The van der Waals surface area contributed by atoms with Gasteiger partial charge in [-0.2, -0.15) is 0 Å². The number of hydrogen-bond acceptors (Lipinski definition) is 9. The fourth-order valence-corrected chi connectivity index (χ4v) is 3.36. The summed E-state index contributed by atoms with van der Waals surface area (Å²) in [5.41, 5.74) is 0.821. The monoisotopic (exact) mass is 411 g/mol. The molecule has 1 aromatic carbocycles. The fraction of sp³-hybridized carbons (Fsp3) is 0.579. The van der Waals surface area contributed by atoms with Crippen molar-refractivity contribution in [3.05, 3.63) is 35.9 Å². The van der Waals surface area contributed by atoms with Gasteiger partial charge in [0, 0.05) is 6.54 Å². The molecule has 2 aliphatic heterocycles. The summed E-state index contributed by atoms with van der Waals surface area (Å²) in [5.74, 6) is -0.704. The Morgan fingerprint density at radius 3 is 2.48 bits per heavy atom. The molecule has 2 aliphatic rings. The standard InChI is InChI=1S/C19H25NO9/c21-14-13(29-18(25)16(23)15(14)22)10-27-17(24)12-7-4-8-20(12)19(26)28-9-11-5-2-1-3-6-11/h1-3,5-6,12-16,18,21-23,25H,4,7-10H2/t12-,13+,14+,15+,16-,18-/m0/s1. The Morgan fingerprint density at radius 1 is 1.03 bits per heavy atom. The van der Waals surface area contributed by atoms with E-state index in [1.54, 1.807) is 0 Å². The predicted octanol–water partition coefficient (Wildman–Crippen LogP) is -0.869. The van der Waals surface area contributed by atoms with Gasteiger partial charge in [-0.25, -0.2) is 9.59 Å². The molecular weight excluding hydrogens is 386 g/mol. The normalized spacial score (nSPS) is 32.1. The Bertz CT molecular complexity index is 700. The van der Waals surface area contributed by atoms with Crippen LogP contribution in [0, 0.1) is 0 Å². The number of benzene rings is 1. The van der Waals surface area contributed by atoms with Crippen LogP contribution in [0.3, 0.4) is 0 Å². The van der Waals surface area contributed by atoms with Gasteiger partial charge < -0.3 is 34.6 Å². The number of hydrogen-bond donors (Lipinski definition) is 4. The number of likely N-dealkylation sites (tertiary alicyclic amines) is 1. The number of nitrogens with zero attached hydrogens (tertiary/aromatic N) is 1. The van der Waals surface area contributed by atoms with Gasteiger partial charge in [-0.15, -0.1) is 0 Å². The molecule has 4 N–H and O–H groups in total. The maximum Gasteiger partial charge on any atom is 0.410 e. The zero-order valence-corrected chi connectivity index (χ0v) is 15.7. The fourth-order valence-electron chi connectivity index (χ4n) is 3.36. The van der Waals surface area contributed by atoms with Crippen molar-refractivity contribution in [1.29, 1.82) is 0 Å². The summed E-state index contributed by atoms with van der Waals surface area (Å²) in [6.07, 6.45) is -7.41. The van der Waals surface area contributed by atoms with E-state index in [0.29, 0.717) is 19.4 Å². The first kappa shape index (κ1) is 21.5. The van der Waals surface area contributed by atoms with Gasteiger partial charge in [0.15, 0.2) is 6.29 Å². The van der Waals surface area contributed by atoms with Crippen molar-refractivity contribution in [3.8, 4) is 0 Å². The number of amides is 1. The molecule has 2 fully saturated rings. The highest BCUT2D eigenvalue weighted by molar-refractivity contribution is 5.82. The second-order valence-electron chi connectivity index (χ2n) is 7.06. The van der Waals surface area contributed by atoms with E-state index in [9.17, 15) is 30.0 Å². The van der Waals surface area contributed by atoms with E-state index in [1.807, 2.05) is 30.3 Å². The zero-order chi connectivity index (χ0) is 21.0. The van der Waals surface area contributed by atoms with Crippen LogP contribution in [-0.2, 0) is 25.6 Å². The van der Waals surface area contributed by atoms with E-state index >= 15 is 0 Å². The summed E-state index contributed by atoms with van der Waals surface area (Å²) < 4.78 is 15.4. The van der Waals surface area contributed by atoms with Crippen molar-refractivity contribution >= 4 is 12.1 Å². The summed E-state index contributed by atoms with van der Waals surface area (Å²) in [4.78, 5) is 26.1. The van der Waals surface area contributed by atoms with E-state index in [4.69, 9.17) is 14.2 Å². The lowest BCUT2D eigenvalue weighted by molar-refractivity contribution is -0.287. The van der Waals surface area contributed by atoms with Crippen LogP contribution in [0.4, 0.5) is 4.79 Å². The third kappa shape index (κ3) is 5.03. The average molecular weight is 411 g/mol. The van der Waals surface area contributed by atoms with Crippen LogP contribution in [0.15, 0.2) is 30.3 Å². The quantitative estimate of drug-likeness (QED) is 0.454. The highest BCUT2D eigenvalue weighted by Crippen LogP contribution is 2.23. The lowest BCUT2D eigenvalue weighted by Crippen LogP contribution is -2.58. The summed E-state index contributed by atoms with van der Waals surface area (Å²) in [7, 11) is 0. The number of rotatable bonds is 5. The molecule has 6 atom stereocenters. The first-order chi connectivity index (χ1) is 13.9. The minimum atomic E-state index is -1.71. The van der Waals surface area contributed by atoms with Crippen molar-refractivity contribution in [3.63, 3.8) is 0 Å². The Hall–Kier alpha value is -2.24. The zero-order valence-electron chi connectivity index (χ0n) is 15.7. The topological polar surface area (TPSA) is 146 Å². The van der Waals surface area contributed by atoms with Crippen LogP contribution in [0.2, 0.25) is 0 Å². The van der Waals surface area contributed by atoms with Gasteiger partial charge in [-0.3, -0.25) is 4.90 Å². The van der Waals surface area contributed by atoms with Gasteiger partial charge in [-0.1, -0.05) is 30.3 Å². The molecule has 160 valence electrons. The molecule has 0 spiro atoms. The van der Waals surface area contributed by atoms with E-state index < -0.39 is 55.4 Å². The molecular formula is C19H25NO9. The largest absolute Gasteiger partial charge is 0.461 e. The summed E-state index contributed by atoms with van der Waals surface area (Å²) in [6.45, 7) is -0.0258. The smallest absolute Gasteiger partial charge is 0.410 e. The van der Waals surface area contributed by atoms with Crippen LogP contribution < -0.4 is 0 Å². The van der Waals surface area contributed by atoms with Crippen LogP contribution in [0.1, 0.15) is 18.4 Å². The maximum atomic E-state index is 12.4. The van der Waals surface area contributed by atoms with Crippen LogP contribution in [0.5, 0.6) is 0 Å². The second kappa shape index (κ2) is 9.51. The van der Waals surface area contributed by atoms with Crippen LogP contribution >= 0.6 is 0 Å². The maximum absolute atomic E-state index is 12.4. The van der Waals surface area contributed by atoms with E-state index in [0.717, 1.165) is 5.56 Å². The molecule has 2 saturated heterocycles. The van der Waals surface area contributed by atoms with Crippen molar-refractivity contribution in [2.75, 3.05) is 13.2 Å². The lowest BCUT2D eigenvalue weighted by atomic mass is 9.99. The molecule has 2 heterocycles. The molecule has 1 amide bonds. The molecule has 0 bridgehead atoms. The Kier molecular flexibility index (Phi) is 7.04. The minimum absolute atomic E-state index is 0.0815. The molecule has 10 heteroatoms. The van der Waals surface area contributed by atoms with E-state index in [1.165, 1.54) is 4.90 Å². The van der Waals surface area contributed by atoms with Gasteiger partial charge >= 0.3 is 12.1 Å². The summed E-state index contributed by atoms with van der Waals surface area (Å²) in [6, 6.07) is 8.31. The lowest BCUT2D eigenvalue weighted by Gasteiger charge is -2.38. The van der Waals surface area contributed by atoms with Gasteiger partial charge in [0.05, 0.1) is 0 Å². The van der Waals surface area contributed by atoms with Crippen molar-refractivity contribution in [2.45, 2.75) is 56.2 Å².